The molecule has 2 N–H and O–H groups in total. The highest BCUT2D eigenvalue weighted by Crippen LogP contribution is 2.20. The third kappa shape index (κ3) is 2.36. The number of carbonyl (C=O) groups excluding carboxylic acids is 1. The predicted octanol–water partition coefficient (Wildman–Crippen LogP) is 2.28. The molecule has 5 heteroatoms. The molecule has 0 atom stereocenters. The first-order chi connectivity index (χ1) is 8.42. The summed E-state index contributed by atoms with van der Waals surface area (Å²) in [7, 11) is 0. The van der Waals surface area contributed by atoms with Crippen molar-refractivity contribution in [1.29, 1.82) is 0 Å². The number of hydrogen-bond acceptors (Lipinski definition) is 4. The van der Waals surface area contributed by atoms with Gasteiger partial charge >= 0.3 is 6.09 Å². The Bertz CT molecular complexity index is 581. The minimum atomic E-state index is -0.540. The first-order valence-electron chi connectivity index (χ1n) is 5.80. The molecule has 0 spiro atoms. The van der Waals surface area contributed by atoms with Gasteiger partial charge < -0.3 is 10.5 Å². The average molecular weight is 247 g/mol. The van der Waals surface area contributed by atoms with Crippen molar-refractivity contribution in [2.45, 2.75) is 32.9 Å². The monoisotopic (exact) mass is 247 g/mol. The maximum absolute atomic E-state index is 12.2. The van der Waals surface area contributed by atoms with Crippen molar-refractivity contribution in [3.8, 4) is 0 Å². The van der Waals surface area contributed by atoms with E-state index in [2.05, 4.69) is 4.98 Å². The van der Waals surface area contributed by atoms with Crippen LogP contribution in [0.5, 0.6) is 0 Å². The molecule has 0 unspecified atom stereocenters. The highest BCUT2D eigenvalue weighted by molar-refractivity contribution is 5.90. The fourth-order valence-corrected chi connectivity index (χ4v) is 1.78. The smallest absolute Gasteiger partial charge is 0.419 e. The molecule has 0 radical (unpaired) electrons. The van der Waals surface area contributed by atoms with Crippen LogP contribution in [-0.2, 0) is 11.3 Å². The van der Waals surface area contributed by atoms with Gasteiger partial charge in [-0.1, -0.05) is 0 Å². The molecule has 0 fully saturated rings. The summed E-state index contributed by atoms with van der Waals surface area (Å²) in [5.41, 5.74) is 6.56. The molecular weight excluding hydrogens is 230 g/mol. The molecule has 5 nitrogen and oxygen atoms in total. The lowest BCUT2D eigenvalue weighted by atomic mass is 10.2. The first kappa shape index (κ1) is 12.6. The molecule has 2 aromatic heterocycles. The molecule has 0 aromatic carbocycles. The van der Waals surface area contributed by atoms with Crippen LogP contribution in [0.4, 0.5) is 4.79 Å². The molecule has 0 bridgehead atoms. The lowest BCUT2D eigenvalue weighted by Crippen LogP contribution is -2.28. The highest BCUT2D eigenvalue weighted by atomic mass is 16.6. The molecule has 0 aliphatic rings. The zero-order chi connectivity index (χ0) is 13.3. The van der Waals surface area contributed by atoms with Crippen LogP contribution in [0.25, 0.3) is 10.9 Å². The van der Waals surface area contributed by atoms with Gasteiger partial charge in [0.05, 0.1) is 11.7 Å². The van der Waals surface area contributed by atoms with Gasteiger partial charge in [0.15, 0.2) is 0 Å². The average Bonchev–Trinajstić information content (AvgIpc) is 2.64. The van der Waals surface area contributed by atoms with Crippen LogP contribution >= 0.6 is 0 Å². The van der Waals surface area contributed by atoms with Crippen molar-refractivity contribution in [2.24, 2.45) is 5.73 Å². The Hall–Kier alpha value is -1.88. The highest BCUT2D eigenvalue weighted by Gasteiger charge is 2.21. The van der Waals surface area contributed by atoms with Crippen LogP contribution in [0.1, 0.15) is 26.5 Å². The molecule has 0 aliphatic carbocycles. The van der Waals surface area contributed by atoms with Crippen molar-refractivity contribution in [1.82, 2.24) is 9.55 Å². The molecular formula is C13H17N3O2. The fourth-order valence-electron chi connectivity index (χ4n) is 1.78. The summed E-state index contributed by atoms with van der Waals surface area (Å²) in [6.45, 7) is 5.76. The predicted molar refractivity (Wildman–Crippen MR) is 69.3 cm³/mol. The van der Waals surface area contributed by atoms with Crippen molar-refractivity contribution in [2.75, 3.05) is 0 Å². The number of carbonyl (C=O) groups is 1. The van der Waals surface area contributed by atoms with Gasteiger partial charge in [-0.2, -0.15) is 0 Å². The quantitative estimate of drug-likeness (QED) is 0.839. The SMILES string of the molecule is CC(C)(C)OC(=O)n1c(CN)cc2ccncc21. The summed E-state index contributed by atoms with van der Waals surface area (Å²) in [6.07, 6.45) is 2.89. The lowest BCUT2D eigenvalue weighted by molar-refractivity contribution is 0.0540. The summed E-state index contributed by atoms with van der Waals surface area (Å²) >= 11 is 0. The van der Waals surface area contributed by atoms with Gasteiger partial charge in [-0.15, -0.1) is 0 Å². The summed E-state index contributed by atoms with van der Waals surface area (Å²) in [5, 5.41) is 0.927. The van der Waals surface area contributed by atoms with E-state index in [4.69, 9.17) is 10.5 Å². The fraction of sp³-hybridized carbons (Fsp3) is 0.385. The molecule has 0 amide bonds. The minimum Gasteiger partial charge on any atom is -0.443 e. The number of hydrogen-bond donors (Lipinski definition) is 1. The number of nitrogens with two attached hydrogens (primary N) is 1. The maximum Gasteiger partial charge on any atom is 0.419 e. The van der Waals surface area contributed by atoms with E-state index in [9.17, 15) is 4.79 Å². The van der Waals surface area contributed by atoms with Gasteiger partial charge in [-0.25, -0.2) is 9.36 Å². The summed E-state index contributed by atoms with van der Waals surface area (Å²) in [5.74, 6) is 0. The number of aromatic nitrogens is 2. The van der Waals surface area contributed by atoms with E-state index in [-0.39, 0.29) is 6.54 Å². The van der Waals surface area contributed by atoms with Crippen molar-refractivity contribution in [3.63, 3.8) is 0 Å². The van der Waals surface area contributed by atoms with Crippen molar-refractivity contribution >= 4 is 17.0 Å². The van der Waals surface area contributed by atoms with Gasteiger partial charge in [0.25, 0.3) is 0 Å². The second-order valence-corrected chi connectivity index (χ2v) is 5.09. The van der Waals surface area contributed by atoms with E-state index in [1.54, 1.807) is 12.4 Å². The van der Waals surface area contributed by atoms with E-state index < -0.39 is 11.7 Å². The van der Waals surface area contributed by atoms with Crippen LogP contribution in [0.2, 0.25) is 0 Å². The zero-order valence-electron chi connectivity index (χ0n) is 10.8. The second kappa shape index (κ2) is 4.42. The number of pyridine rings is 1. The molecule has 2 rings (SSSR count). The van der Waals surface area contributed by atoms with Crippen LogP contribution in [-0.4, -0.2) is 21.2 Å². The number of fused-ring (bicyclic) bond motifs is 1. The third-order valence-corrected chi connectivity index (χ3v) is 2.47. The molecule has 0 saturated heterocycles. The summed E-state index contributed by atoms with van der Waals surface area (Å²) in [4.78, 5) is 16.2. The topological polar surface area (TPSA) is 70.1 Å². The van der Waals surface area contributed by atoms with E-state index >= 15 is 0 Å². The molecule has 0 aliphatic heterocycles. The molecule has 2 aromatic rings. The molecule has 18 heavy (non-hydrogen) atoms. The van der Waals surface area contributed by atoms with Crippen LogP contribution < -0.4 is 5.73 Å². The summed E-state index contributed by atoms with van der Waals surface area (Å²) in [6, 6.07) is 3.72. The normalized spacial score (nSPS) is 11.8. The number of ether oxygens (including phenoxy) is 1. The summed E-state index contributed by atoms with van der Waals surface area (Å²) < 4.78 is 6.85. The van der Waals surface area contributed by atoms with E-state index in [0.717, 1.165) is 5.39 Å². The number of nitrogens with zero attached hydrogens (tertiary/aromatic N) is 2. The van der Waals surface area contributed by atoms with E-state index in [1.807, 2.05) is 32.9 Å². The van der Waals surface area contributed by atoms with E-state index in [0.29, 0.717) is 11.2 Å². The zero-order valence-corrected chi connectivity index (χ0v) is 10.8. The van der Waals surface area contributed by atoms with Crippen molar-refractivity contribution < 1.29 is 9.53 Å². The maximum atomic E-state index is 12.2. The minimum absolute atomic E-state index is 0.272. The largest absolute Gasteiger partial charge is 0.443 e. The number of rotatable bonds is 1. The Morgan fingerprint density at radius 2 is 2.22 bits per heavy atom. The van der Waals surface area contributed by atoms with Gasteiger partial charge in [-0.05, 0) is 32.9 Å². The standard InChI is InChI=1S/C13H17N3O2/c1-13(2,3)18-12(17)16-10(7-14)6-9-4-5-15-8-11(9)16/h4-6,8H,7,14H2,1-3H3. The Balaban J connectivity index is 2.51. The van der Waals surface area contributed by atoms with Crippen LogP contribution in [0.15, 0.2) is 24.5 Å². The Kier molecular flexibility index (Phi) is 3.09. The second-order valence-electron chi connectivity index (χ2n) is 5.09. The molecule has 0 saturated carbocycles. The van der Waals surface area contributed by atoms with Gasteiger partial charge in [0.2, 0.25) is 0 Å². The molecule has 96 valence electrons. The third-order valence-electron chi connectivity index (χ3n) is 2.47. The van der Waals surface area contributed by atoms with Gasteiger partial charge in [-0.3, -0.25) is 4.98 Å². The Labute approximate surface area is 106 Å². The first-order valence-corrected chi connectivity index (χ1v) is 5.80. The van der Waals surface area contributed by atoms with E-state index in [1.165, 1.54) is 4.57 Å². The van der Waals surface area contributed by atoms with Crippen LogP contribution in [0.3, 0.4) is 0 Å². The van der Waals surface area contributed by atoms with Crippen molar-refractivity contribution in [3.05, 3.63) is 30.2 Å². The molecule has 2 heterocycles. The lowest BCUT2D eigenvalue weighted by Gasteiger charge is -2.20. The Morgan fingerprint density at radius 3 is 2.83 bits per heavy atom. The van der Waals surface area contributed by atoms with Gasteiger partial charge in [0.1, 0.15) is 5.60 Å². The van der Waals surface area contributed by atoms with Crippen LogP contribution in [0, 0.1) is 0 Å². The van der Waals surface area contributed by atoms with Gasteiger partial charge in [0, 0.05) is 23.8 Å². The Morgan fingerprint density at radius 1 is 1.50 bits per heavy atom.